The highest BCUT2D eigenvalue weighted by Gasteiger charge is 2.20. The van der Waals surface area contributed by atoms with Crippen LogP contribution < -0.4 is 5.32 Å². The largest absolute Gasteiger partial charge is 0.385 e. The summed E-state index contributed by atoms with van der Waals surface area (Å²) in [6, 6.07) is 7.01. The molecular formula is C14H21NO2S. The summed E-state index contributed by atoms with van der Waals surface area (Å²) in [4.78, 5) is 0.377. The van der Waals surface area contributed by atoms with Gasteiger partial charge in [-0.25, -0.2) is 8.42 Å². The van der Waals surface area contributed by atoms with E-state index in [1.807, 2.05) is 12.1 Å². The van der Waals surface area contributed by atoms with Gasteiger partial charge in [0.15, 0.2) is 9.84 Å². The maximum absolute atomic E-state index is 11.3. The highest BCUT2D eigenvalue weighted by Crippen LogP contribution is 2.30. The molecule has 4 heteroatoms. The molecule has 0 heterocycles. The summed E-state index contributed by atoms with van der Waals surface area (Å²) in [5, 5.41) is 3.39. The van der Waals surface area contributed by atoms with E-state index in [9.17, 15) is 8.42 Å². The van der Waals surface area contributed by atoms with E-state index in [4.69, 9.17) is 0 Å². The molecule has 0 amide bonds. The molecular weight excluding hydrogens is 246 g/mol. The van der Waals surface area contributed by atoms with Crippen LogP contribution in [0.15, 0.2) is 29.2 Å². The minimum atomic E-state index is -3.09. The topological polar surface area (TPSA) is 46.2 Å². The molecule has 2 atom stereocenters. The number of benzene rings is 1. The van der Waals surface area contributed by atoms with E-state index in [0.717, 1.165) is 24.1 Å². The lowest BCUT2D eigenvalue weighted by Gasteiger charge is -2.12. The van der Waals surface area contributed by atoms with E-state index in [1.54, 1.807) is 12.1 Å². The third kappa shape index (κ3) is 3.48. The third-order valence-electron chi connectivity index (χ3n) is 3.68. The summed E-state index contributed by atoms with van der Waals surface area (Å²) in [7, 11) is -3.09. The first-order chi connectivity index (χ1) is 8.45. The molecule has 1 aliphatic carbocycles. The van der Waals surface area contributed by atoms with Crippen LogP contribution in [0.3, 0.4) is 0 Å². The average Bonchev–Trinajstić information content (AvgIpc) is 2.72. The van der Waals surface area contributed by atoms with E-state index in [0.29, 0.717) is 4.90 Å². The maximum Gasteiger partial charge on any atom is 0.175 e. The molecule has 1 N–H and O–H groups in total. The number of sulfone groups is 1. The van der Waals surface area contributed by atoms with Crippen molar-refractivity contribution in [2.75, 3.05) is 18.1 Å². The Morgan fingerprint density at radius 3 is 2.39 bits per heavy atom. The van der Waals surface area contributed by atoms with Crippen LogP contribution in [-0.2, 0) is 9.84 Å². The van der Waals surface area contributed by atoms with Gasteiger partial charge in [-0.15, -0.1) is 0 Å². The van der Waals surface area contributed by atoms with Gasteiger partial charge in [0.25, 0.3) is 0 Å². The van der Waals surface area contributed by atoms with Crippen molar-refractivity contribution in [1.82, 2.24) is 0 Å². The van der Waals surface area contributed by atoms with Crippen molar-refractivity contribution in [3.05, 3.63) is 24.3 Å². The molecule has 2 unspecified atom stereocenters. The van der Waals surface area contributed by atoms with Gasteiger partial charge in [-0.3, -0.25) is 0 Å². The molecule has 1 aromatic rings. The first kappa shape index (κ1) is 13.4. The van der Waals surface area contributed by atoms with Crippen molar-refractivity contribution in [3.63, 3.8) is 0 Å². The highest BCUT2D eigenvalue weighted by atomic mass is 32.2. The van der Waals surface area contributed by atoms with E-state index in [-0.39, 0.29) is 0 Å². The van der Waals surface area contributed by atoms with Crippen LogP contribution in [0.1, 0.15) is 26.2 Å². The standard InChI is InChI=1S/C14H21NO2S/c1-11-3-4-12(9-11)10-15-13-5-7-14(8-6-13)18(2,16)17/h5-8,11-12,15H,3-4,9-10H2,1-2H3. The van der Waals surface area contributed by atoms with Gasteiger partial charge < -0.3 is 5.32 Å². The fraction of sp³-hybridized carbons (Fsp3) is 0.571. The normalized spacial score (nSPS) is 24.1. The van der Waals surface area contributed by atoms with Gasteiger partial charge in [-0.05, 0) is 48.9 Å². The smallest absolute Gasteiger partial charge is 0.175 e. The van der Waals surface area contributed by atoms with Crippen LogP contribution in [0, 0.1) is 11.8 Å². The zero-order chi connectivity index (χ0) is 13.2. The van der Waals surface area contributed by atoms with Crippen LogP contribution in [0.4, 0.5) is 5.69 Å². The Morgan fingerprint density at radius 2 is 1.89 bits per heavy atom. The molecule has 0 spiro atoms. The summed E-state index contributed by atoms with van der Waals surface area (Å²) < 4.78 is 22.7. The minimum absolute atomic E-state index is 0.377. The molecule has 0 bridgehead atoms. The van der Waals surface area contributed by atoms with Gasteiger partial charge in [0.2, 0.25) is 0 Å². The lowest BCUT2D eigenvalue weighted by Crippen LogP contribution is -2.11. The molecule has 2 rings (SSSR count). The van der Waals surface area contributed by atoms with Gasteiger partial charge >= 0.3 is 0 Å². The Kier molecular flexibility index (Phi) is 3.95. The SMILES string of the molecule is CC1CCC(CNc2ccc(S(C)(=O)=O)cc2)C1. The number of hydrogen-bond donors (Lipinski definition) is 1. The first-order valence-electron chi connectivity index (χ1n) is 6.49. The summed E-state index contributed by atoms with van der Waals surface area (Å²) >= 11 is 0. The number of anilines is 1. The fourth-order valence-electron chi connectivity index (χ4n) is 2.59. The Balaban J connectivity index is 1.91. The monoisotopic (exact) mass is 267 g/mol. The van der Waals surface area contributed by atoms with Crippen molar-refractivity contribution in [2.45, 2.75) is 31.1 Å². The molecule has 1 saturated carbocycles. The Bertz CT molecular complexity index is 493. The molecule has 1 aliphatic rings. The van der Waals surface area contributed by atoms with Gasteiger partial charge in [0.1, 0.15) is 0 Å². The summed E-state index contributed by atoms with van der Waals surface area (Å²) in [6.45, 7) is 3.30. The Labute approximate surface area is 110 Å². The summed E-state index contributed by atoms with van der Waals surface area (Å²) in [6.07, 6.45) is 5.17. The molecule has 1 aromatic carbocycles. The Hall–Kier alpha value is -1.03. The number of hydrogen-bond acceptors (Lipinski definition) is 3. The zero-order valence-electron chi connectivity index (χ0n) is 11.0. The zero-order valence-corrected chi connectivity index (χ0v) is 11.8. The molecule has 18 heavy (non-hydrogen) atoms. The van der Waals surface area contributed by atoms with Crippen molar-refractivity contribution in [2.24, 2.45) is 11.8 Å². The first-order valence-corrected chi connectivity index (χ1v) is 8.38. The van der Waals surface area contributed by atoms with E-state index < -0.39 is 9.84 Å². The summed E-state index contributed by atoms with van der Waals surface area (Å²) in [5.74, 6) is 1.61. The second-order valence-electron chi connectivity index (χ2n) is 5.46. The average molecular weight is 267 g/mol. The molecule has 0 radical (unpaired) electrons. The number of nitrogens with one attached hydrogen (secondary N) is 1. The van der Waals surface area contributed by atoms with E-state index >= 15 is 0 Å². The summed E-state index contributed by atoms with van der Waals surface area (Å²) in [5.41, 5.74) is 1.00. The lowest BCUT2D eigenvalue weighted by atomic mass is 10.1. The fourth-order valence-corrected chi connectivity index (χ4v) is 3.22. The Morgan fingerprint density at radius 1 is 1.22 bits per heavy atom. The van der Waals surface area contributed by atoms with Crippen molar-refractivity contribution in [1.29, 1.82) is 0 Å². The lowest BCUT2D eigenvalue weighted by molar-refractivity contribution is 0.537. The maximum atomic E-state index is 11.3. The molecule has 1 fully saturated rings. The molecule has 100 valence electrons. The third-order valence-corrected chi connectivity index (χ3v) is 4.81. The van der Waals surface area contributed by atoms with Crippen molar-refractivity contribution >= 4 is 15.5 Å². The van der Waals surface area contributed by atoms with Gasteiger partial charge in [0, 0.05) is 18.5 Å². The van der Waals surface area contributed by atoms with Crippen LogP contribution in [0.5, 0.6) is 0 Å². The van der Waals surface area contributed by atoms with Gasteiger partial charge in [0.05, 0.1) is 4.90 Å². The van der Waals surface area contributed by atoms with E-state index in [2.05, 4.69) is 12.2 Å². The predicted octanol–water partition coefficient (Wildman–Crippen LogP) is 2.94. The van der Waals surface area contributed by atoms with Crippen molar-refractivity contribution in [3.8, 4) is 0 Å². The van der Waals surface area contributed by atoms with Crippen LogP contribution in [0.25, 0.3) is 0 Å². The van der Waals surface area contributed by atoms with E-state index in [1.165, 1.54) is 25.5 Å². The second-order valence-corrected chi connectivity index (χ2v) is 7.48. The molecule has 0 aromatic heterocycles. The van der Waals surface area contributed by atoms with Crippen LogP contribution in [0.2, 0.25) is 0 Å². The van der Waals surface area contributed by atoms with Gasteiger partial charge in [-0.1, -0.05) is 13.3 Å². The molecule has 0 saturated heterocycles. The quantitative estimate of drug-likeness (QED) is 0.912. The van der Waals surface area contributed by atoms with Gasteiger partial charge in [-0.2, -0.15) is 0 Å². The molecule has 0 aliphatic heterocycles. The van der Waals surface area contributed by atoms with Crippen molar-refractivity contribution < 1.29 is 8.42 Å². The van der Waals surface area contributed by atoms with Crippen LogP contribution >= 0.6 is 0 Å². The number of rotatable bonds is 4. The van der Waals surface area contributed by atoms with Crippen LogP contribution in [-0.4, -0.2) is 21.2 Å². The second kappa shape index (κ2) is 5.31. The molecule has 3 nitrogen and oxygen atoms in total. The highest BCUT2D eigenvalue weighted by molar-refractivity contribution is 7.90. The predicted molar refractivity (Wildman–Crippen MR) is 74.5 cm³/mol. The minimum Gasteiger partial charge on any atom is -0.385 e.